The number of unbranched alkanes of at least 4 members (excludes halogenated alkanes) is 3. The second-order valence-electron chi connectivity index (χ2n) is 5.20. The fraction of sp³-hybridized carbons (Fsp3) is 0.588. The Morgan fingerprint density at radius 2 is 2.05 bits per heavy atom. The minimum absolute atomic E-state index is 0.706. The lowest BCUT2D eigenvalue weighted by molar-refractivity contribution is 0.301. The molecule has 1 rings (SSSR count). The van der Waals surface area contributed by atoms with Crippen LogP contribution in [0, 0.1) is 6.92 Å². The van der Waals surface area contributed by atoms with Crippen LogP contribution in [0.4, 0.5) is 0 Å². The van der Waals surface area contributed by atoms with E-state index in [0.29, 0.717) is 6.54 Å². The molecule has 0 aliphatic carbocycles. The number of nitrogens with zero attached hydrogens (tertiary/aromatic N) is 1. The van der Waals surface area contributed by atoms with Gasteiger partial charge >= 0.3 is 0 Å². The number of rotatable bonds is 8. The molecule has 0 aliphatic heterocycles. The molecule has 0 heterocycles. The van der Waals surface area contributed by atoms with Crippen molar-refractivity contribution in [2.45, 2.75) is 46.1 Å². The molecule has 0 amide bonds. The lowest BCUT2D eigenvalue weighted by Gasteiger charge is -2.14. The van der Waals surface area contributed by atoms with Gasteiger partial charge in [-0.2, -0.15) is 0 Å². The van der Waals surface area contributed by atoms with Gasteiger partial charge in [-0.3, -0.25) is 4.99 Å². The van der Waals surface area contributed by atoms with Gasteiger partial charge in [-0.05, 0) is 25.0 Å². The molecule has 0 saturated carbocycles. The Balaban J connectivity index is 2.58. The van der Waals surface area contributed by atoms with Crippen LogP contribution in [0.3, 0.4) is 0 Å². The van der Waals surface area contributed by atoms with Crippen molar-refractivity contribution in [3.8, 4) is 5.75 Å². The summed E-state index contributed by atoms with van der Waals surface area (Å²) >= 11 is 0. The standard InChI is InChI=1S/C17H29N3O/c1-5-6-7-8-11-21-16-12-14(2)9-10-15(16)13-20-17(18-3)19-4/h9-10,12H,5-8,11,13H2,1-4H3,(H2,18,19,20). The van der Waals surface area contributed by atoms with E-state index in [1.807, 2.05) is 7.05 Å². The molecule has 4 nitrogen and oxygen atoms in total. The van der Waals surface area contributed by atoms with E-state index in [9.17, 15) is 0 Å². The van der Waals surface area contributed by atoms with Gasteiger partial charge in [0.05, 0.1) is 6.61 Å². The summed E-state index contributed by atoms with van der Waals surface area (Å²) in [5, 5.41) is 6.28. The summed E-state index contributed by atoms with van der Waals surface area (Å²) in [6.07, 6.45) is 4.89. The molecule has 0 radical (unpaired) electrons. The second-order valence-corrected chi connectivity index (χ2v) is 5.20. The minimum atomic E-state index is 0.706. The van der Waals surface area contributed by atoms with Crippen LogP contribution in [0.5, 0.6) is 5.75 Å². The lowest BCUT2D eigenvalue weighted by atomic mass is 10.1. The average Bonchev–Trinajstić information content (AvgIpc) is 2.49. The summed E-state index contributed by atoms with van der Waals surface area (Å²) in [5.41, 5.74) is 2.38. The molecule has 2 N–H and O–H groups in total. The van der Waals surface area contributed by atoms with Crippen molar-refractivity contribution in [1.82, 2.24) is 10.6 Å². The monoisotopic (exact) mass is 291 g/mol. The SMILES string of the molecule is CCCCCCOc1cc(C)ccc1CNC(=NC)NC. The van der Waals surface area contributed by atoms with Gasteiger partial charge in [0.2, 0.25) is 0 Å². The van der Waals surface area contributed by atoms with E-state index in [2.05, 4.69) is 47.7 Å². The van der Waals surface area contributed by atoms with E-state index in [-0.39, 0.29) is 0 Å². The van der Waals surface area contributed by atoms with Crippen molar-refractivity contribution in [2.75, 3.05) is 20.7 Å². The van der Waals surface area contributed by atoms with Crippen LogP contribution in [-0.2, 0) is 6.54 Å². The zero-order valence-electron chi connectivity index (χ0n) is 13.8. The van der Waals surface area contributed by atoms with Crippen LogP contribution >= 0.6 is 0 Å². The van der Waals surface area contributed by atoms with Gasteiger partial charge in [0, 0.05) is 26.2 Å². The zero-order chi connectivity index (χ0) is 15.5. The normalized spacial score (nSPS) is 11.3. The number of ether oxygens (including phenoxy) is 1. The van der Waals surface area contributed by atoms with Gasteiger partial charge in [0.1, 0.15) is 5.75 Å². The topological polar surface area (TPSA) is 45.6 Å². The molecule has 0 atom stereocenters. The highest BCUT2D eigenvalue weighted by atomic mass is 16.5. The average molecular weight is 291 g/mol. The van der Waals surface area contributed by atoms with Crippen molar-refractivity contribution < 1.29 is 4.74 Å². The quantitative estimate of drug-likeness (QED) is 0.439. The molecule has 1 aromatic rings. The first kappa shape index (κ1) is 17.3. The van der Waals surface area contributed by atoms with Crippen LogP contribution in [0.2, 0.25) is 0 Å². The van der Waals surface area contributed by atoms with E-state index in [4.69, 9.17) is 4.74 Å². The Kier molecular flexibility index (Phi) is 8.32. The maximum Gasteiger partial charge on any atom is 0.190 e. The minimum Gasteiger partial charge on any atom is -0.493 e. The second kappa shape index (κ2) is 10.1. The molecule has 0 spiro atoms. The van der Waals surface area contributed by atoms with Crippen molar-refractivity contribution in [2.24, 2.45) is 4.99 Å². The molecule has 4 heteroatoms. The predicted octanol–water partition coefficient (Wildman–Crippen LogP) is 3.25. The van der Waals surface area contributed by atoms with E-state index in [1.54, 1.807) is 7.05 Å². The van der Waals surface area contributed by atoms with E-state index >= 15 is 0 Å². The van der Waals surface area contributed by atoms with Crippen molar-refractivity contribution in [3.05, 3.63) is 29.3 Å². The summed E-state index contributed by atoms with van der Waals surface area (Å²) in [6, 6.07) is 6.34. The van der Waals surface area contributed by atoms with Crippen molar-refractivity contribution >= 4 is 5.96 Å². The number of aliphatic imine (C=N–C) groups is 1. The number of aryl methyl sites for hydroxylation is 1. The third kappa shape index (κ3) is 6.52. The molecule has 118 valence electrons. The lowest BCUT2D eigenvalue weighted by Crippen LogP contribution is -2.34. The molecule has 0 aromatic heterocycles. The molecular formula is C17H29N3O. The summed E-state index contributed by atoms with van der Waals surface area (Å²) in [7, 11) is 3.62. The zero-order valence-corrected chi connectivity index (χ0v) is 13.8. The first-order valence-electron chi connectivity index (χ1n) is 7.82. The van der Waals surface area contributed by atoms with Gasteiger partial charge in [-0.15, -0.1) is 0 Å². The Bertz CT molecular complexity index is 444. The Labute approximate surface area is 129 Å². The first-order chi connectivity index (χ1) is 10.2. The maximum atomic E-state index is 5.96. The Morgan fingerprint density at radius 1 is 1.24 bits per heavy atom. The Hall–Kier alpha value is -1.71. The largest absolute Gasteiger partial charge is 0.493 e. The van der Waals surface area contributed by atoms with E-state index < -0.39 is 0 Å². The molecule has 0 fully saturated rings. The molecular weight excluding hydrogens is 262 g/mol. The Morgan fingerprint density at radius 3 is 2.71 bits per heavy atom. The summed E-state index contributed by atoms with van der Waals surface area (Å²) in [6.45, 7) is 5.81. The molecule has 0 saturated heterocycles. The summed E-state index contributed by atoms with van der Waals surface area (Å²) < 4.78 is 5.96. The van der Waals surface area contributed by atoms with Gasteiger partial charge in [-0.25, -0.2) is 0 Å². The number of benzene rings is 1. The molecule has 0 bridgehead atoms. The van der Waals surface area contributed by atoms with Crippen LogP contribution in [0.1, 0.15) is 43.7 Å². The molecule has 21 heavy (non-hydrogen) atoms. The van der Waals surface area contributed by atoms with Crippen LogP contribution in [0.15, 0.2) is 23.2 Å². The highest BCUT2D eigenvalue weighted by Crippen LogP contribution is 2.20. The fourth-order valence-electron chi connectivity index (χ4n) is 2.11. The van der Waals surface area contributed by atoms with Gasteiger partial charge in [-0.1, -0.05) is 38.3 Å². The molecule has 0 unspecified atom stereocenters. The van der Waals surface area contributed by atoms with Crippen LogP contribution < -0.4 is 15.4 Å². The van der Waals surface area contributed by atoms with Crippen molar-refractivity contribution in [3.63, 3.8) is 0 Å². The number of hydrogen-bond donors (Lipinski definition) is 2. The summed E-state index contributed by atoms with van der Waals surface area (Å²) in [4.78, 5) is 4.12. The van der Waals surface area contributed by atoms with Crippen LogP contribution in [-0.4, -0.2) is 26.7 Å². The van der Waals surface area contributed by atoms with E-state index in [1.165, 1.54) is 24.8 Å². The highest BCUT2D eigenvalue weighted by molar-refractivity contribution is 5.79. The summed E-state index contributed by atoms with van der Waals surface area (Å²) in [5.74, 6) is 1.76. The highest BCUT2D eigenvalue weighted by Gasteiger charge is 2.05. The van der Waals surface area contributed by atoms with Crippen LogP contribution in [0.25, 0.3) is 0 Å². The fourth-order valence-corrected chi connectivity index (χ4v) is 2.11. The predicted molar refractivity (Wildman–Crippen MR) is 90.1 cm³/mol. The van der Waals surface area contributed by atoms with Gasteiger partial charge in [0.15, 0.2) is 5.96 Å². The van der Waals surface area contributed by atoms with Gasteiger partial charge in [0.25, 0.3) is 0 Å². The smallest absolute Gasteiger partial charge is 0.190 e. The van der Waals surface area contributed by atoms with Crippen molar-refractivity contribution in [1.29, 1.82) is 0 Å². The van der Waals surface area contributed by atoms with E-state index in [0.717, 1.165) is 30.3 Å². The third-order valence-electron chi connectivity index (χ3n) is 3.38. The number of guanidine groups is 1. The molecule has 1 aromatic carbocycles. The number of nitrogens with one attached hydrogen (secondary N) is 2. The molecule has 0 aliphatic rings. The maximum absolute atomic E-state index is 5.96. The number of hydrogen-bond acceptors (Lipinski definition) is 2. The first-order valence-corrected chi connectivity index (χ1v) is 7.82. The van der Waals surface area contributed by atoms with Gasteiger partial charge < -0.3 is 15.4 Å². The third-order valence-corrected chi connectivity index (χ3v) is 3.38.